The van der Waals surface area contributed by atoms with Crippen molar-refractivity contribution < 1.29 is 17.9 Å². The molecule has 0 saturated carbocycles. The van der Waals surface area contributed by atoms with Crippen molar-refractivity contribution in [2.45, 2.75) is 31.1 Å². The van der Waals surface area contributed by atoms with Crippen molar-refractivity contribution in [3.8, 4) is 5.75 Å². The fraction of sp³-hybridized carbons (Fsp3) is 0.533. The molecule has 2 rings (SSSR count). The lowest BCUT2D eigenvalue weighted by Crippen LogP contribution is -2.30. The van der Waals surface area contributed by atoms with Crippen LogP contribution in [0, 0.1) is 0 Å². The van der Waals surface area contributed by atoms with E-state index in [0.717, 1.165) is 19.3 Å². The molecular weight excluding hydrogens is 318 g/mol. The standard InChI is InChI=1S/C15H23N3O4S/c1-3-8-16-15(19)17-13-11-12(6-7-14(13)22-2)23(20,21)18-9-4-5-10-18/h6-7,11H,3-5,8-10H2,1-2H3,(H2,16,17,19). The summed E-state index contributed by atoms with van der Waals surface area (Å²) < 4.78 is 31.9. The third-order valence-corrected chi connectivity index (χ3v) is 5.55. The van der Waals surface area contributed by atoms with Crippen LogP contribution in [0.4, 0.5) is 10.5 Å². The van der Waals surface area contributed by atoms with Gasteiger partial charge in [0.25, 0.3) is 0 Å². The Kier molecular flexibility index (Phi) is 5.84. The predicted molar refractivity (Wildman–Crippen MR) is 88.3 cm³/mol. The van der Waals surface area contributed by atoms with E-state index in [1.165, 1.54) is 23.5 Å². The van der Waals surface area contributed by atoms with Crippen molar-refractivity contribution >= 4 is 21.7 Å². The van der Waals surface area contributed by atoms with Crippen molar-refractivity contribution in [2.75, 3.05) is 32.1 Å². The third kappa shape index (κ3) is 4.14. The maximum atomic E-state index is 12.6. The minimum Gasteiger partial charge on any atom is -0.495 e. The molecule has 0 bridgehead atoms. The maximum Gasteiger partial charge on any atom is 0.319 e. The molecule has 1 aromatic carbocycles. The fourth-order valence-corrected chi connectivity index (χ4v) is 3.97. The first kappa shape index (κ1) is 17.6. The van der Waals surface area contributed by atoms with Crippen LogP contribution in [0.2, 0.25) is 0 Å². The Hall–Kier alpha value is -1.80. The first-order chi connectivity index (χ1) is 11.0. The number of amides is 2. The van der Waals surface area contributed by atoms with Crippen LogP contribution in [0.5, 0.6) is 5.75 Å². The van der Waals surface area contributed by atoms with E-state index in [9.17, 15) is 13.2 Å². The molecule has 7 nitrogen and oxygen atoms in total. The summed E-state index contributed by atoms with van der Waals surface area (Å²) in [5.74, 6) is 0.414. The Bertz CT molecular complexity index is 655. The fourth-order valence-electron chi connectivity index (χ4n) is 2.43. The molecule has 1 aliphatic rings. The van der Waals surface area contributed by atoms with Crippen LogP contribution in [0.1, 0.15) is 26.2 Å². The van der Waals surface area contributed by atoms with Gasteiger partial charge in [-0.15, -0.1) is 0 Å². The molecule has 0 aromatic heterocycles. The SMILES string of the molecule is CCCNC(=O)Nc1cc(S(=O)(=O)N2CCCC2)ccc1OC. The van der Waals surface area contributed by atoms with Gasteiger partial charge in [-0.3, -0.25) is 0 Å². The molecule has 2 amide bonds. The van der Waals surface area contributed by atoms with Gasteiger partial charge in [-0.2, -0.15) is 4.31 Å². The summed E-state index contributed by atoms with van der Waals surface area (Å²) >= 11 is 0. The number of nitrogens with zero attached hydrogens (tertiary/aromatic N) is 1. The van der Waals surface area contributed by atoms with Crippen molar-refractivity contribution in [1.29, 1.82) is 0 Å². The number of carbonyl (C=O) groups excluding carboxylic acids is 1. The highest BCUT2D eigenvalue weighted by Crippen LogP contribution is 2.30. The zero-order valence-electron chi connectivity index (χ0n) is 13.5. The second-order valence-electron chi connectivity index (χ2n) is 5.35. The second kappa shape index (κ2) is 7.65. The second-order valence-corrected chi connectivity index (χ2v) is 7.29. The zero-order valence-corrected chi connectivity index (χ0v) is 14.3. The van der Waals surface area contributed by atoms with E-state index >= 15 is 0 Å². The molecule has 0 spiro atoms. The van der Waals surface area contributed by atoms with E-state index in [0.29, 0.717) is 31.1 Å². The average molecular weight is 341 g/mol. The number of ether oxygens (including phenoxy) is 1. The van der Waals surface area contributed by atoms with E-state index in [1.807, 2.05) is 6.92 Å². The molecular formula is C15H23N3O4S. The highest BCUT2D eigenvalue weighted by Gasteiger charge is 2.28. The Morgan fingerprint density at radius 3 is 2.61 bits per heavy atom. The van der Waals surface area contributed by atoms with E-state index in [2.05, 4.69) is 10.6 Å². The highest BCUT2D eigenvalue weighted by molar-refractivity contribution is 7.89. The summed E-state index contributed by atoms with van der Waals surface area (Å²) in [6, 6.07) is 4.11. The average Bonchev–Trinajstić information content (AvgIpc) is 3.08. The number of anilines is 1. The Balaban J connectivity index is 2.26. The minimum absolute atomic E-state index is 0.158. The first-order valence-corrected chi connectivity index (χ1v) is 9.16. The molecule has 23 heavy (non-hydrogen) atoms. The smallest absolute Gasteiger partial charge is 0.319 e. The van der Waals surface area contributed by atoms with Gasteiger partial charge in [0.05, 0.1) is 17.7 Å². The molecule has 8 heteroatoms. The van der Waals surface area contributed by atoms with Gasteiger partial charge in [-0.05, 0) is 37.5 Å². The summed E-state index contributed by atoms with van der Waals surface area (Å²) in [5.41, 5.74) is 0.335. The van der Waals surface area contributed by atoms with Crippen LogP contribution in [0.25, 0.3) is 0 Å². The summed E-state index contributed by atoms with van der Waals surface area (Å²) in [6.07, 6.45) is 2.56. The monoisotopic (exact) mass is 341 g/mol. The van der Waals surface area contributed by atoms with Crippen LogP contribution in [0.15, 0.2) is 23.1 Å². The Morgan fingerprint density at radius 2 is 2.00 bits per heavy atom. The molecule has 1 heterocycles. The number of benzene rings is 1. The largest absolute Gasteiger partial charge is 0.495 e. The molecule has 0 aliphatic carbocycles. The normalized spacial score (nSPS) is 15.4. The summed E-state index contributed by atoms with van der Waals surface area (Å²) in [4.78, 5) is 12.0. The Labute approximate surface area is 137 Å². The molecule has 0 unspecified atom stereocenters. The number of rotatable bonds is 6. The quantitative estimate of drug-likeness (QED) is 0.828. The van der Waals surface area contributed by atoms with E-state index < -0.39 is 10.0 Å². The molecule has 1 aliphatic heterocycles. The van der Waals surface area contributed by atoms with Gasteiger partial charge in [0.15, 0.2) is 0 Å². The third-order valence-electron chi connectivity index (χ3n) is 3.66. The van der Waals surface area contributed by atoms with Crippen molar-refractivity contribution in [1.82, 2.24) is 9.62 Å². The van der Waals surface area contributed by atoms with Gasteiger partial charge in [-0.25, -0.2) is 13.2 Å². The number of sulfonamides is 1. The molecule has 2 N–H and O–H groups in total. The van der Waals surface area contributed by atoms with E-state index in [-0.39, 0.29) is 10.9 Å². The van der Waals surface area contributed by atoms with Crippen molar-refractivity contribution in [2.24, 2.45) is 0 Å². The van der Waals surface area contributed by atoms with Crippen LogP contribution in [-0.2, 0) is 10.0 Å². The first-order valence-electron chi connectivity index (χ1n) is 7.72. The predicted octanol–water partition coefficient (Wildman–Crippen LogP) is 2.01. The highest BCUT2D eigenvalue weighted by atomic mass is 32.2. The van der Waals surface area contributed by atoms with Gasteiger partial charge >= 0.3 is 6.03 Å². The molecule has 0 atom stereocenters. The van der Waals surface area contributed by atoms with E-state index in [4.69, 9.17) is 4.74 Å². The lowest BCUT2D eigenvalue weighted by atomic mass is 10.3. The number of nitrogens with one attached hydrogen (secondary N) is 2. The number of carbonyl (C=O) groups is 1. The zero-order chi connectivity index (χ0) is 16.9. The molecule has 1 aromatic rings. The lowest BCUT2D eigenvalue weighted by molar-refractivity contribution is 0.252. The van der Waals surface area contributed by atoms with Gasteiger partial charge in [0.1, 0.15) is 5.75 Å². The molecule has 1 fully saturated rings. The van der Waals surface area contributed by atoms with Crippen molar-refractivity contribution in [3.63, 3.8) is 0 Å². The molecule has 0 radical (unpaired) electrons. The summed E-state index contributed by atoms with van der Waals surface area (Å²) in [7, 11) is -2.06. The number of hydrogen-bond acceptors (Lipinski definition) is 4. The molecule has 1 saturated heterocycles. The van der Waals surface area contributed by atoms with Crippen molar-refractivity contribution in [3.05, 3.63) is 18.2 Å². The van der Waals surface area contributed by atoms with Gasteiger partial charge in [0, 0.05) is 19.6 Å². The van der Waals surface area contributed by atoms with Crippen LogP contribution >= 0.6 is 0 Å². The number of urea groups is 1. The minimum atomic E-state index is -3.53. The van der Waals surface area contributed by atoms with Crippen LogP contribution < -0.4 is 15.4 Å². The number of methoxy groups -OCH3 is 1. The maximum absolute atomic E-state index is 12.6. The summed E-state index contributed by atoms with van der Waals surface area (Å²) in [6.45, 7) is 3.56. The van der Waals surface area contributed by atoms with E-state index in [1.54, 1.807) is 6.07 Å². The van der Waals surface area contributed by atoms with Gasteiger partial charge in [0.2, 0.25) is 10.0 Å². The Morgan fingerprint density at radius 1 is 1.30 bits per heavy atom. The summed E-state index contributed by atoms with van der Waals surface area (Å²) in [5, 5.41) is 5.32. The van der Waals surface area contributed by atoms with Gasteiger partial charge < -0.3 is 15.4 Å². The number of hydrogen-bond donors (Lipinski definition) is 2. The van der Waals surface area contributed by atoms with Gasteiger partial charge in [-0.1, -0.05) is 6.92 Å². The lowest BCUT2D eigenvalue weighted by Gasteiger charge is -2.17. The molecule has 128 valence electrons. The van der Waals surface area contributed by atoms with Crippen LogP contribution in [-0.4, -0.2) is 45.5 Å². The topological polar surface area (TPSA) is 87.7 Å². The van der Waals surface area contributed by atoms with Crippen LogP contribution in [0.3, 0.4) is 0 Å².